The zero-order valence-electron chi connectivity index (χ0n) is 17.2. The van der Waals surface area contributed by atoms with Gasteiger partial charge in [0.25, 0.3) is 0 Å². The molecule has 2 aliphatic rings. The molecular formula is C19H36IN5O3. The molecule has 2 rings (SSSR count). The molecule has 1 aliphatic carbocycles. The van der Waals surface area contributed by atoms with Crippen molar-refractivity contribution >= 4 is 41.8 Å². The third kappa shape index (κ3) is 8.50. The number of nitrogens with one attached hydrogen (secondary N) is 3. The average Bonchev–Trinajstić information content (AvgIpc) is 3.15. The summed E-state index contributed by atoms with van der Waals surface area (Å²) in [4.78, 5) is 30.8. The molecule has 28 heavy (non-hydrogen) atoms. The number of carbonyl (C=O) groups excluding carboxylic acids is 2. The van der Waals surface area contributed by atoms with Gasteiger partial charge < -0.3 is 25.6 Å². The van der Waals surface area contributed by atoms with Gasteiger partial charge >= 0.3 is 0 Å². The van der Waals surface area contributed by atoms with Crippen LogP contribution in [0.3, 0.4) is 0 Å². The summed E-state index contributed by atoms with van der Waals surface area (Å²) < 4.78 is 4.91. The highest BCUT2D eigenvalue weighted by Gasteiger charge is 2.31. The van der Waals surface area contributed by atoms with Gasteiger partial charge in [-0.3, -0.25) is 9.59 Å². The first-order chi connectivity index (χ1) is 13.1. The lowest BCUT2D eigenvalue weighted by Crippen LogP contribution is -2.46. The lowest BCUT2D eigenvalue weighted by atomic mass is 9.88. The fourth-order valence-corrected chi connectivity index (χ4v) is 3.70. The quantitative estimate of drug-likeness (QED) is 0.197. The molecule has 1 unspecified atom stereocenters. The van der Waals surface area contributed by atoms with E-state index in [0.717, 1.165) is 25.8 Å². The van der Waals surface area contributed by atoms with Crippen molar-refractivity contribution in [3.8, 4) is 0 Å². The fraction of sp³-hybridized carbons (Fsp3) is 0.842. The van der Waals surface area contributed by atoms with E-state index in [0.29, 0.717) is 38.1 Å². The molecule has 0 radical (unpaired) electrons. The van der Waals surface area contributed by atoms with Gasteiger partial charge in [0.15, 0.2) is 5.96 Å². The number of aliphatic imine (C=N–C) groups is 1. The Labute approximate surface area is 185 Å². The Bertz CT molecular complexity index is 512. The van der Waals surface area contributed by atoms with Crippen molar-refractivity contribution in [2.75, 3.05) is 46.4 Å². The maximum Gasteiger partial charge on any atom is 0.241 e. The van der Waals surface area contributed by atoms with Gasteiger partial charge in [0.1, 0.15) is 6.54 Å². The van der Waals surface area contributed by atoms with Crippen LogP contribution in [0.1, 0.15) is 45.4 Å². The number of hydrogen-bond donors (Lipinski definition) is 3. The second-order valence-corrected chi connectivity index (χ2v) is 7.29. The molecule has 0 aromatic carbocycles. The maximum absolute atomic E-state index is 12.7. The number of hydrogen-bond acceptors (Lipinski definition) is 4. The summed E-state index contributed by atoms with van der Waals surface area (Å²) in [5.41, 5.74) is 0. The van der Waals surface area contributed by atoms with Gasteiger partial charge in [-0.2, -0.15) is 0 Å². The molecule has 0 spiro atoms. The summed E-state index contributed by atoms with van der Waals surface area (Å²) in [5, 5.41) is 9.29. The minimum atomic E-state index is -0.134. The highest BCUT2D eigenvalue weighted by atomic mass is 127. The molecule has 1 atom stereocenters. The van der Waals surface area contributed by atoms with Crippen LogP contribution in [0.15, 0.2) is 4.99 Å². The van der Waals surface area contributed by atoms with E-state index in [-0.39, 0.29) is 48.4 Å². The van der Waals surface area contributed by atoms with Crippen molar-refractivity contribution in [1.82, 2.24) is 20.9 Å². The van der Waals surface area contributed by atoms with E-state index in [1.807, 2.05) is 11.8 Å². The molecule has 1 heterocycles. The first-order valence-corrected chi connectivity index (χ1v) is 10.2. The second-order valence-electron chi connectivity index (χ2n) is 7.29. The monoisotopic (exact) mass is 509 g/mol. The highest BCUT2D eigenvalue weighted by Crippen LogP contribution is 2.26. The van der Waals surface area contributed by atoms with E-state index in [2.05, 4.69) is 20.9 Å². The van der Waals surface area contributed by atoms with Crippen LogP contribution in [-0.4, -0.2) is 75.2 Å². The lowest BCUT2D eigenvalue weighted by Gasteiger charge is -2.26. The molecule has 2 amide bonds. The molecule has 1 saturated carbocycles. The number of carbonyl (C=O) groups is 2. The Morgan fingerprint density at radius 1 is 1.14 bits per heavy atom. The Morgan fingerprint density at radius 2 is 1.89 bits per heavy atom. The van der Waals surface area contributed by atoms with Crippen molar-refractivity contribution < 1.29 is 14.3 Å². The van der Waals surface area contributed by atoms with E-state index >= 15 is 0 Å². The molecule has 9 heteroatoms. The van der Waals surface area contributed by atoms with Gasteiger partial charge in [-0.15, -0.1) is 24.0 Å². The summed E-state index contributed by atoms with van der Waals surface area (Å²) >= 11 is 0. The Morgan fingerprint density at radius 3 is 2.57 bits per heavy atom. The summed E-state index contributed by atoms with van der Waals surface area (Å²) in [6.07, 6.45) is 6.59. The number of likely N-dealkylation sites (tertiary alicyclic amines) is 1. The summed E-state index contributed by atoms with van der Waals surface area (Å²) in [5.74, 6) is 1.02. The highest BCUT2D eigenvalue weighted by molar-refractivity contribution is 14.0. The van der Waals surface area contributed by atoms with Gasteiger partial charge in [-0.1, -0.05) is 19.3 Å². The van der Waals surface area contributed by atoms with E-state index < -0.39 is 0 Å². The number of nitrogens with zero attached hydrogens (tertiary/aromatic N) is 2. The molecular weight excluding hydrogens is 473 g/mol. The molecule has 162 valence electrons. The van der Waals surface area contributed by atoms with Crippen LogP contribution in [-0.2, 0) is 14.3 Å². The normalized spacial score (nSPS) is 20.4. The first-order valence-electron chi connectivity index (χ1n) is 10.2. The van der Waals surface area contributed by atoms with Crippen molar-refractivity contribution in [2.45, 2.75) is 51.5 Å². The second kappa shape index (κ2) is 14.0. The minimum Gasteiger partial charge on any atom is -0.383 e. The van der Waals surface area contributed by atoms with Crippen molar-refractivity contribution in [2.24, 2.45) is 10.9 Å². The fourth-order valence-electron chi connectivity index (χ4n) is 3.70. The molecule has 8 nitrogen and oxygen atoms in total. The predicted molar refractivity (Wildman–Crippen MR) is 121 cm³/mol. The van der Waals surface area contributed by atoms with Crippen molar-refractivity contribution in [3.05, 3.63) is 0 Å². The number of rotatable bonds is 8. The molecule has 1 saturated heterocycles. The molecule has 3 N–H and O–H groups in total. The number of amides is 2. The van der Waals surface area contributed by atoms with Crippen LogP contribution in [0.5, 0.6) is 0 Å². The third-order valence-corrected chi connectivity index (χ3v) is 5.15. The first kappa shape index (κ1) is 24.9. The van der Waals surface area contributed by atoms with E-state index in [9.17, 15) is 9.59 Å². The summed E-state index contributed by atoms with van der Waals surface area (Å²) in [7, 11) is 1.60. The molecule has 2 fully saturated rings. The van der Waals surface area contributed by atoms with Crippen LogP contribution in [0, 0.1) is 5.92 Å². The van der Waals surface area contributed by atoms with Crippen LogP contribution < -0.4 is 16.0 Å². The minimum absolute atomic E-state index is 0. The molecule has 0 aromatic rings. The van der Waals surface area contributed by atoms with Crippen LogP contribution in [0.4, 0.5) is 0 Å². The van der Waals surface area contributed by atoms with Crippen LogP contribution in [0.2, 0.25) is 0 Å². The number of methoxy groups -OCH3 is 1. The van der Waals surface area contributed by atoms with Gasteiger partial charge in [-0.05, 0) is 26.2 Å². The maximum atomic E-state index is 12.7. The smallest absolute Gasteiger partial charge is 0.241 e. The van der Waals surface area contributed by atoms with Gasteiger partial charge in [0.2, 0.25) is 11.8 Å². The largest absolute Gasteiger partial charge is 0.383 e. The molecule has 1 aliphatic heterocycles. The van der Waals surface area contributed by atoms with E-state index in [1.165, 1.54) is 19.3 Å². The predicted octanol–water partition coefficient (Wildman–Crippen LogP) is 1.10. The van der Waals surface area contributed by atoms with Crippen LogP contribution >= 0.6 is 24.0 Å². The standard InChI is InChI=1S/C19H35N5O3.HI/c1-3-20-19(22-13-17(25)21-10-12-27-2)23-16-9-11-24(14-16)18(26)15-7-5-4-6-8-15;/h15-16H,3-14H2,1-2H3,(H,21,25)(H2,20,22,23);1H. The summed E-state index contributed by atoms with van der Waals surface area (Å²) in [6, 6.07) is 0.173. The number of guanidine groups is 1. The lowest BCUT2D eigenvalue weighted by molar-refractivity contribution is -0.135. The van der Waals surface area contributed by atoms with Gasteiger partial charge in [-0.25, -0.2) is 4.99 Å². The van der Waals surface area contributed by atoms with Crippen LogP contribution in [0.25, 0.3) is 0 Å². The van der Waals surface area contributed by atoms with Crippen molar-refractivity contribution in [1.29, 1.82) is 0 Å². The zero-order valence-corrected chi connectivity index (χ0v) is 19.5. The Hall–Kier alpha value is -1.10. The van der Waals surface area contributed by atoms with E-state index in [4.69, 9.17) is 4.74 Å². The topological polar surface area (TPSA) is 95.1 Å². The van der Waals surface area contributed by atoms with E-state index in [1.54, 1.807) is 7.11 Å². The third-order valence-electron chi connectivity index (χ3n) is 5.15. The Balaban J connectivity index is 0.00000392. The number of ether oxygens (including phenoxy) is 1. The molecule has 0 aromatic heterocycles. The SMILES string of the molecule is CCNC(=NCC(=O)NCCOC)NC1CCN(C(=O)C2CCCCC2)C1.I. The van der Waals surface area contributed by atoms with Gasteiger partial charge in [0.05, 0.1) is 6.61 Å². The molecule has 0 bridgehead atoms. The number of halogens is 1. The zero-order chi connectivity index (χ0) is 19.5. The average molecular weight is 509 g/mol. The van der Waals surface area contributed by atoms with Crippen molar-refractivity contribution in [3.63, 3.8) is 0 Å². The van der Waals surface area contributed by atoms with Gasteiger partial charge in [0, 0.05) is 45.2 Å². The summed E-state index contributed by atoms with van der Waals surface area (Å²) in [6.45, 7) is 5.24. The Kier molecular flexibility index (Phi) is 12.4.